The number of nitrogens with one attached hydrogen (secondary N) is 1. The summed E-state index contributed by atoms with van der Waals surface area (Å²) in [5.41, 5.74) is 3.71. The Kier molecular flexibility index (Phi) is 5.77. The van der Waals surface area contributed by atoms with Gasteiger partial charge >= 0.3 is 0 Å². The lowest BCUT2D eigenvalue weighted by molar-refractivity contribution is 0.231. The molecule has 0 amide bonds. The van der Waals surface area contributed by atoms with Crippen molar-refractivity contribution in [2.24, 2.45) is 0 Å². The summed E-state index contributed by atoms with van der Waals surface area (Å²) in [6, 6.07) is 12.4. The van der Waals surface area contributed by atoms with Crippen molar-refractivity contribution in [1.82, 2.24) is 35.1 Å². The van der Waals surface area contributed by atoms with E-state index >= 15 is 0 Å². The predicted octanol–water partition coefficient (Wildman–Crippen LogP) is 3.54. The van der Waals surface area contributed by atoms with E-state index in [1.165, 1.54) is 12.8 Å². The number of H-pyrrole nitrogens is 1. The van der Waals surface area contributed by atoms with Gasteiger partial charge in [-0.05, 0) is 58.8 Å². The molecule has 8 nitrogen and oxygen atoms in total. The molecule has 0 radical (unpaired) electrons. The van der Waals surface area contributed by atoms with Gasteiger partial charge in [0.1, 0.15) is 0 Å². The van der Waals surface area contributed by atoms with E-state index in [-0.39, 0.29) is 5.56 Å². The first-order chi connectivity index (χ1) is 15.7. The number of aryl methyl sites for hydroxylation is 1. The molecular formula is C24H27N7O. The summed E-state index contributed by atoms with van der Waals surface area (Å²) in [4.78, 5) is 22.4. The fourth-order valence-electron chi connectivity index (χ4n) is 4.65. The summed E-state index contributed by atoms with van der Waals surface area (Å²) in [5.74, 6) is 0.842. The number of nitrogens with zero attached hydrogens (tertiary/aromatic N) is 6. The molecule has 0 aliphatic heterocycles. The maximum absolute atomic E-state index is 12.9. The Morgan fingerprint density at radius 3 is 2.81 bits per heavy atom. The van der Waals surface area contributed by atoms with Crippen molar-refractivity contribution in [2.75, 3.05) is 0 Å². The molecule has 1 saturated carbocycles. The first-order valence-electron chi connectivity index (χ1n) is 11.2. The molecule has 8 heteroatoms. The molecule has 1 aliphatic carbocycles. The van der Waals surface area contributed by atoms with Crippen molar-refractivity contribution >= 4 is 10.9 Å². The summed E-state index contributed by atoms with van der Waals surface area (Å²) >= 11 is 0. The van der Waals surface area contributed by atoms with Crippen LogP contribution >= 0.6 is 0 Å². The third-order valence-electron chi connectivity index (χ3n) is 6.28. The zero-order chi connectivity index (χ0) is 21.9. The number of hydrogen-bond donors (Lipinski definition) is 1. The summed E-state index contributed by atoms with van der Waals surface area (Å²) < 4.78 is 1.98. The van der Waals surface area contributed by atoms with Crippen molar-refractivity contribution in [2.45, 2.75) is 58.3 Å². The molecule has 32 heavy (non-hydrogen) atoms. The van der Waals surface area contributed by atoms with Crippen LogP contribution in [0.2, 0.25) is 0 Å². The number of tetrazole rings is 1. The van der Waals surface area contributed by atoms with Crippen LogP contribution in [0.1, 0.15) is 54.2 Å². The van der Waals surface area contributed by atoms with E-state index in [1.54, 1.807) is 6.20 Å². The summed E-state index contributed by atoms with van der Waals surface area (Å²) in [6.07, 6.45) is 8.30. The minimum absolute atomic E-state index is 0.0571. The van der Waals surface area contributed by atoms with Crippen molar-refractivity contribution in [3.05, 3.63) is 81.7 Å². The highest BCUT2D eigenvalue weighted by Gasteiger charge is 2.23. The second-order valence-corrected chi connectivity index (χ2v) is 8.65. The van der Waals surface area contributed by atoms with Gasteiger partial charge in [0.15, 0.2) is 5.82 Å². The molecule has 3 aromatic heterocycles. The standard InChI is InChI=1S/C24H27N7O/c1-17-6-4-8-19-12-20(24(32)26-23(17)19)15-30(14-18-7-5-11-25-13-18)16-22-27-28-29-31(22)21-9-2-3-10-21/h4-8,11-13,21H,2-3,9-10,14-16H2,1H3,(H,26,32). The lowest BCUT2D eigenvalue weighted by Gasteiger charge is -2.22. The van der Waals surface area contributed by atoms with E-state index in [0.717, 1.165) is 46.3 Å². The van der Waals surface area contributed by atoms with Gasteiger partial charge in [0.05, 0.1) is 18.1 Å². The molecule has 0 unspecified atom stereocenters. The second kappa shape index (κ2) is 9.00. The quantitative estimate of drug-likeness (QED) is 0.483. The van der Waals surface area contributed by atoms with Gasteiger partial charge in [-0.25, -0.2) is 4.68 Å². The molecule has 4 aromatic rings. The maximum Gasteiger partial charge on any atom is 0.252 e. The number of benzene rings is 1. The normalized spacial score (nSPS) is 14.6. The molecule has 1 aromatic carbocycles. The molecular weight excluding hydrogens is 402 g/mol. The van der Waals surface area contributed by atoms with Gasteiger partial charge in [-0.1, -0.05) is 37.1 Å². The SMILES string of the molecule is Cc1cccc2cc(CN(Cc3cccnc3)Cc3nnnn3C3CCCC3)c(=O)[nH]c12. The van der Waals surface area contributed by atoms with E-state index in [0.29, 0.717) is 25.7 Å². The average molecular weight is 430 g/mol. The highest BCUT2D eigenvalue weighted by atomic mass is 16.1. The molecule has 1 N–H and O–H groups in total. The van der Waals surface area contributed by atoms with Crippen LogP contribution < -0.4 is 5.56 Å². The monoisotopic (exact) mass is 429 g/mol. The van der Waals surface area contributed by atoms with Crippen LogP contribution in [0.4, 0.5) is 0 Å². The van der Waals surface area contributed by atoms with Gasteiger partial charge in [-0.3, -0.25) is 14.7 Å². The summed E-state index contributed by atoms with van der Waals surface area (Å²) in [7, 11) is 0. The maximum atomic E-state index is 12.9. The molecule has 0 saturated heterocycles. The van der Waals surface area contributed by atoms with E-state index in [9.17, 15) is 4.79 Å². The van der Waals surface area contributed by atoms with Crippen LogP contribution in [0.5, 0.6) is 0 Å². The molecule has 0 bridgehead atoms. The fourth-order valence-corrected chi connectivity index (χ4v) is 4.65. The molecule has 1 fully saturated rings. The first-order valence-corrected chi connectivity index (χ1v) is 11.2. The Balaban J connectivity index is 1.46. The average Bonchev–Trinajstić information content (AvgIpc) is 3.47. The zero-order valence-corrected chi connectivity index (χ0v) is 18.2. The predicted molar refractivity (Wildman–Crippen MR) is 122 cm³/mol. The lowest BCUT2D eigenvalue weighted by Crippen LogP contribution is -2.28. The molecule has 164 valence electrons. The Labute approximate surface area is 186 Å². The molecule has 0 atom stereocenters. The van der Waals surface area contributed by atoms with Gasteiger partial charge < -0.3 is 4.98 Å². The Bertz CT molecular complexity index is 1260. The van der Waals surface area contributed by atoms with Crippen LogP contribution in [0.25, 0.3) is 10.9 Å². The van der Waals surface area contributed by atoms with Crippen LogP contribution in [0.15, 0.2) is 53.6 Å². The highest BCUT2D eigenvalue weighted by molar-refractivity contribution is 5.81. The molecule has 3 heterocycles. The van der Waals surface area contributed by atoms with Crippen molar-refractivity contribution in [3.63, 3.8) is 0 Å². The van der Waals surface area contributed by atoms with Gasteiger partial charge in [0, 0.05) is 31.0 Å². The van der Waals surface area contributed by atoms with Crippen molar-refractivity contribution in [1.29, 1.82) is 0 Å². The van der Waals surface area contributed by atoms with Crippen LogP contribution in [0, 0.1) is 6.92 Å². The lowest BCUT2D eigenvalue weighted by atomic mass is 10.1. The topological polar surface area (TPSA) is 92.6 Å². The minimum Gasteiger partial charge on any atom is -0.321 e. The van der Waals surface area contributed by atoms with Crippen LogP contribution in [-0.4, -0.2) is 35.1 Å². The number of rotatable bonds is 7. The van der Waals surface area contributed by atoms with E-state index < -0.39 is 0 Å². The van der Waals surface area contributed by atoms with Crippen LogP contribution in [-0.2, 0) is 19.6 Å². The fraction of sp³-hybridized carbons (Fsp3) is 0.375. The number of hydrogen-bond acceptors (Lipinski definition) is 6. The smallest absolute Gasteiger partial charge is 0.252 e. The number of pyridine rings is 2. The van der Waals surface area contributed by atoms with E-state index in [1.807, 2.05) is 54.2 Å². The number of aromatic amines is 1. The first kappa shape index (κ1) is 20.5. The number of fused-ring (bicyclic) bond motifs is 1. The third-order valence-corrected chi connectivity index (χ3v) is 6.28. The number of aromatic nitrogens is 6. The molecule has 1 aliphatic rings. The van der Waals surface area contributed by atoms with Gasteiger partial charge in [0.25, 0.3) is 5.56 Å². The van der Waals surface area contributed by atoms with E-state index in [2.05, 4.69) is 30.4 Å². The van der Waals surface area contributed by atoms with Crippen LogP contribution in [0.3, 0.4) is 0 Å². The second-order valence-electron chi connectivity index (χ2n) is 8.65. The zero-order valence-electron chi connectivity index (χ0n) is 18.2. The van der Waals surface area contributed by atoms with E-state index in [4.69, 9.17) is 0 Å². The van der Waals surface area contributed by atoms with Gasteiger partial charge in [-0.15, -0.1) is 5.10 Å². The summed E-state index contributed by atoms with van der Waals surface area (Å²) in [6.45, 7) is 3.71. The Morgan fingerprint density at radius 2 is 2.00 bits per heavy atom. The molecule has 0 spiro atoms. The van der Waals surface area contributed by atoms with Crippen molar-refractivity contribution in [3.8, 4) is 0 Å². The van der Waals surface area contributed by atoms with Gasteiger partial charge in [0.2, 0.25) is 0 Å². The molecule has 5 rings (SSSR count). The van der Waals surface area contributed by atoms with Gasteiger partial charge in [-0.2, -0.15) is 0 Å². The Morgan fingerprint density at radius 1 is 1.12 bits per heavy atom. The minimum atomic E-state index is -0.0571. The summed E-state index contributed by atoms with van der Waals surface area (Å²) in [5, 5.41) is 13.6. The largest absolute Gasteiger partial charge is 0.321 e. The van der Waals surface area contributed by atoms with Crippen molar-refractivity contribution < 1.29 is 0 Å². The number of para-hydroxylation sites is 1. The highest BCUT2D eigenvalue weighted by Crippen LogP contribution is 2.29. The Hall–Kier alpha value is -3.39. The third kappa shape index (κ3) is 4.31.